The van der Waals surface area contributed by atoms with Gasteiger partial charge in [0.2, 0.25) is 0 Å². The van der Waals surface area contributed by atoms with Gasteiger partial charge in [0.1, 0.15) is 0 Å². The summed E-state index contributed by atoms with van der Waals surface area (Å²) in [4.78, 5) is 18.7. The Morgan fingerprint density at radius 2 is 1.93 bits per heavy atom. The van der Waals surface area contributed by atoms with Crippen molar-refractivity contribution in [2.24, 2.45) is 0 Å². The van der Waals surface area contributed by atoms with Crippen molar-refractivity contribution in [2.75, 3.05) is 7.05 Å². The van der Waals surface area contributed by atoms with Crippen molar-refractivity contribution in [1.29, 1.82) is 0 Å². The monoisotopic (exact) mass is 361 g/mol. The van der Waals surface area contributed by atoms with E-state index in [4.69, 9.17) is 0 Å². The molecule has 0 aliphatic heterocycles. The van der Waals surface area contributed by atoms with E-state index >= 15 is 0 Å². The standard InChI is InChI=1S/C20H19N5O2/c1-24(13-16-10-17(23-22-16)14-6-3-2-4-7-14)12-15-11-19(27)25-9-5-8-18(26)20(25)21-15/h2-11,26H,12-13H2,1H3,(H,22,23). The van der Waals surface area contributed by atoms with E-state index in [1.165, 1.54) is 16.5 Å². The van der Waals surface area contributed by atoms with Crippen LogP contribution in [0, 0.1) is 0 Å². The SMILES string of the molecule is CN(Cc1cc(=O)n2cccc(O)c2n1)Cc1cc(-c2ccccc2)n[nH]1. The molecule has 0 saturated heterocycles. The molecule has 0 aliphatic rings. The number of nitrogens with one attached hydrogen (secondary N) is 1. The maximum atomic E-state index is 12.2. The van der Waals surface area contributed by atoms with Crippen LogP contribution in [0.5, 0.6) is 5.75 Å². The number of hydrogen-bond acceptors (Lipinski definition) is 5. The molecule has 0 aliphatic carbocycles. The summed E-state index contributed by atoms with van der Waals surface area (Å²) in [5, 5.41) is 17.4. The van der Waals surface area contributed by atoms with Crippen LogP contribution >= 0.6 is 0 Å². The minimum absolute atomic E-state index is 0.0137. The summed E-state index contributed by atoms with van der Waals surface area (Å²) in [7, 11) is 1.94. The quantitative estimate of drug-likeness (QED) is 0.570. The van der Waals surface area contributed by atoms with Gasteiger partial charge in [0.05, 0.1) is 11.4 Å². The van der Waals surface area contributed by atoms with E-state index in [1.807, 2.05) is 48.3 Å². The van der Waals surface area contributed by atoms with Crippen LogP contribution in [-0.2, 0) is 13.1 Å². The van der Waals surface area contributed by atoms with Crippen LogP contribution in [0.3, 0.4) is 0 Å². The summed E-state index contributed by atoms with van der Waals surface area (Å²) in [5.74, 6) is -0.0137. The summed E-state index contributed by atoms with van der Waals surface area (Å²) in [6, 6.07) is 16.6. The molecular weight excluding hydrogens is 342 g/mol. The zero-order valence-corrected chi connectivity index (χ0v) is 14.8. The van der Waals surface area contributed by atoms with E-state index < -0.39 is 0 Å². The molecular formula is C20H19N5O2. The average molecular weight is 361 g/mol. The van der Waals surface area contributed by atoms with E-state index in [9.17, 15) is 9.90 Å². The predicted octanol–water partition coefficient (Wildman–Crippen LogP) is 2.42. The molecule has 0 amide bonds. The van der Waals surface area contributed by atoms with Gasteiger partial charge in [-0.25, -0.2) is 4.98 Å². The molecule has 0 unspecified atom stereocenters. The topological polar surface area (TPSA) is 86.5 Å². The van der Waals surface area contributed by atoms with Gasteiger partial charge in [0.15, 0.2) is 11.4 Å². The van der Waals surface area contributed by atoms with Crippen molar-refractivity contribution in [3.63, 3.8) is 0 Å². The van der Waals surface area contributed by atoms with E-state index in [2.05, 4.69) is 15.2 Å². The Balaban J connectivity index is 1.51. The molecule has 1 aromatic carbocycles. The third-order valence-corrected chi connectivity index (χ3v) is 4.30. The third kappa shape index (κ3) is 3.58. The van der Waals surface area contributed by atoms with Gasteiger partial charge in [-0.15, -0.1) is 0 Å². The lowest BCUT2D eigenvalue weighted by Crippen LogP contribution is -2.22. The highest BCUT2D eigenvalue weighted by molar-refractivity contribution is 5.58. The van der Waals surface area contributed by atoms with Crippen molar-refractivity contribution in [3.05, 3.63) is 82.5 Å². The highest BCUT2D eigenvalue weighted by atomic mass is 16.3. The van der Waals surface area contributed by atoms with Crippen LogP contribution in [0.2, 0.25) is 0 Å². The fraction of sp³-hybridized carbons (Fsp3) is 0.150. The fourth-order valence-electron chi connectivity index (χ4n) is 3.06. The van der Waals surface area contributed by atoms with E-state index in [0.717, 1.165) is 17.0 Å². The van der Waals surface area contributed by atoms with Gasteiger partial charge >= 0.3 is 0 Å². The number of pyridine rings is 1. The first-order chi connectivity index (χ1) is 13.1. The van der Waals surface area contributed by atoms with Gasteiger partial charge in [-0.05, 0) is 25.2 Å². The van der Waals surface area contributed by atoms with Crippen LogP contribution in [0.4, 0.5) is 0 Å². The summed E-state index contributed by atoms with van der Waals surface area (Å²) in [6.07, 6.45) is 1.59. The van der Waals surface area contributed by atoms with Gasteiger partial charge in [0, 0.05) is 36.6 Å². The lowest BCUT2D eigenvalue weighted by molar-refractivity contribution is 0.311. The molecule has 0 atom stereocenters. The number of nitrogens with zero attached hydrogens (tertiary/aromatic N) is 4. The smallest absolute Gasteiger partial charge is 0.258 e. The summed E-state index contributed by atoms with van der Waals surface area (Å²) < 4.78 is 1.33. The van der Waals surface area contributed by atoms with Gasteiger partial charge in [-0.2, -0.15) is 5.10 Å². The number of benzene rings is 1. The highest BCUT2D eigenvalue weighted by Gasteiger charge is 2.10. The molecule has 4 rings (SSSR count). The Labute approximate surface area is 155 Å². The van der Waals surface area contributed by atoms with Crippen LogP contribution in [0.1, 0.15) is 11.4 Å². The van der Waals surface area contributed by atoms with Crippen molar-refractivity contribution in [1.82, 2.24) is 24.5 Å². The molecule has 3 aromatic heterocycles. The molecule has 2 N–H and O–H groups in total. The molecule has 0 spiro atoms. The molecule has 27 heavy (non-hydrogen) atoms. The number of rotatable bonds is 5. The second-order valence-corrected chi connectivity index (χ2v) is 6.49. The minimum atomic E-state index is -0.216. The maximum Gasteiger partial charge on any atom is 0.258 e. The largest absolute Gasteiger partial charge is 0.504 e. The highest BCUT2D eigenvalue weighted by Crippen LogP contribution is 2.18. The zero-order chi connectivity index (χ0) is 18.8. The second-order valence-electron chi connectivity index (χ2n) is 6.49. The number of aromatic hydroxyl groups is 1. The molecule has 4 aromatic rings. The number of aromatic nitrogens is 4. The molecule has 0 radical (unpaired) electrons. The summed E-state index contributed by atoms with van der Waals surface area (Å²) >= 11 is 0. The van der Waals surface area contributed by atoms with E-state index in [1.54, 1.807) is 12.3 Å². The molecule has 0 bridgehead atoms. The second kappa shape index (κ2) is 7.05. The third-order valence-electron chi connectivity index (χ3n) is 4.30. The number of aromatic amines is 1. The van der Waals surface area contributed by atoms with Crippen molar-refractivity contribution >= 4 is 5.65 Å². The molecule has 0 saturated carbocycles. The molecule has 0 fully saturated rings. The lowest BCUT2D eigenvalue weighted by atomic mass is 10.1. The van der Waals surface area contributed by atoms with Crippen molar-refractivity contribution in [2.45, 2.75) is 13.1 Å². The van der Waals surface area contributed by atoms with E-state index in [-0.39, 0.29) is 17.0 Å². The van der Waals surface area contributed by atoms with Crippen molar-refractivity contribution < 1.29 is 5.11 Å². The van der Waals surface area contributed by atoms with Crippen LogP contribution in [0.15, 0.2) is 65.6 Å². The van der Waals surface area contributed by atoms with Crippen LogP contribution < -0.4 is 5.56 Å². The molecule has 7 nitrogen and oxygen atoms in total. The van der Waals surface area contributed by atoms with Gasteiger partial charge in [-0.1, -0.05) is 30.3 Å². The summed E-state index contributed by atoms with van der Waals surface area (Å²) in [6.45, 7) is 1.10. The van der Waals surface area contributed by atoms with Gasteiger partial charge < -0.3 is 5.11 Å². The van der Waals surface area contributed by atoms with Gasteiger partial charge in [-0.3, -0.25) is 19.2 Å². The van der Waals surface area contributed by atoms with E-state index in [0.29, 0.717) is 18.8 Å². The van der Waals surface area contributed by atoms with Gasteiger partial charge in [0.25, 0.3) is 5.56 Å². The normalized spacial score (nSPS) is 11.3. The Hall–Kier alpha value is -3.45. The first-order valence-electron chi connectivity index (χ1n) is 8.59. The lowest BCUT2D eigenvalue weighted by Gasteiger charge is -2.15. The number of H-pyrrole nitrogens is 1. The summed E-state index contributed by atoms with van der Waals surface area (Å²) in [5.41, 5.74) is 3.57. The van der Waals surface area contributed by atoms with Crippen LogP contribution in [-0.4, -0.2) is 36.6 Å². The maximum absolute atomic E-state index is 12.2. The van der Waals surface area contributed by atoms with Crippen molar-refractivity contribution in [3.8, 4) is 17.0 Å². The number of hydrogen-bond donors (Lipinski definition) is 2. The predicted molar refractivity (Wildman–Crippen MR) is 102 cm³/mol. The Bertz CT molecular complexity index is 1130. The average Bonchev–Trinajstić information content (AvgIpc) is 3.12. The number of fused-ring (bicyclic) bond motifs is 1. The first kappa shape index (κ1) is 17.0. The first-order valence-corrected chi connectivity index (χ1v) is 8.59. The molecule has 7 heteroatoms. The molecule has 136 valence electrons. The van der Waals surface area contributed by atoms with Crippen LogP contribution in [0.25, 0.3) is 16.9 Å². The molecule has 3 heterocycles. The Morgan fingerprint density at radius 1 is 1.11 bits per heavy atom. The Morgan fingerprint density at radius 3 is 2.74 bits per heavy atom. The zero-order valence-electron chi connectivity index (χ0n) is 14.8. The minimum Gasteiger partial charge on any atom is -0.504 e. The fourth-order valence-corrected chi connectivity index (χ4v) is 3.06. The Kier molecular flexibility index (Phi) is 4.43.